The van der Waals surface area contributed by atoms with E-state index in [1.807, 2.05) is 6.07 Å². The van der Waals surface area contributed by atoms with Crippen LogP contribution in [0.3, 0.4) is 0 Å². The first-order valence-corrected chi connectivity index (χ1v) is 8.77. The van der Waals surface area contributed by atoms with Gasteiger partial charge in [0.15, 0.2) is 0 Å². The zero-order valence-corrected chi connectivity index (χ0v) is 14.4. The van der Waals surface area contributed by atoms with Crippen molar-refractivity contribution in [2.24, 2.45) is 5.92 Å². The second-order valence-corrected chi connectivity index (χ2v) is 7.73. The fourth-order valence-electron chi connectivity index (χ4n) is 3.92. The van der Waals surface area contributed by atoms with Gasteiger partial charge in [0.1, 0.15) is 5.82 Å². The summed E-state index contributed by atoms with van der Waals surface area (Å²) in [6, 6.07) is 5.62. The molecule has 1 atom stereocenters. The number of rotatable bonds is 2. The van der Waals surface area contributed by atoms with Gasteiger partial charge in [-0.25, -0.2) is 4.39 Å². The fraction of sp³-hybridized carbons (Fsp3) is 0.647. The molecule has 4 heteroatoms. The summed E-state index contributed by atoms with van der Waals surface area (Å²) in [5.41, 5.74) is 0.927. The van der Waals surface area contributed by atoms with Crippen molar-refractivity contribution in [2.45, 2.75) is 51.1 Å². The minimum atomic E-state index is -0.120. The van der Waals surface area contributed by atoms with Gasteiger partial charge < -0.3 is 10.2 Å². The number of nitrogens with zero attached hydrogens (tertiary/aromatic N) is 1. The standard InChI is InChI=1S/C17H24BrFN2/c1-12(2)15-10-20-17(8-3-4-9-17)11-21(15)16-13(18)6-5-7-14(16)19/h5-7,12,15,20H,3-4,8-11H2,1-2H3. The van der Waals surface area contributed by atoms with Crippen LogP contribution in [0.15, 0.2) is 22.7 Å². The maximum Gasteiger partial charge on any atom is 0.147 e. The van der Waals surface area contributed by atoms with Gasteiger partial charge >= 0.3 is 0 Å². The first-order valence-electron chi connectivity index (χ1n) is 7.98. The lowest BCUT2D eigenvalue weighted by Gasteiger charge is -2.49. The number of anilines is 1. The Morgan fingerprint density at radius 3 is 2.67 bits per heavy atom. The summed E-state index contributed by atoms with van der Waals surface area (Å²) in [5.74, 6) is 0.368. The lowest BCUT2D eigenvalue weighted by Crippen LogP contribution is -2.64. The molecule has 1 aliphatic heterocycles. The Kier molecular flexibility index (Phi) is 4.28. The van der Waals surface area contributed by atoms with Gasteiger partial charge in [0, 0.05) is 29.1 Å². The number of hydrogen-bond donors (Lipinski definition) is 1. The van der Waals surface area contributed by atoms with Crippen molar-refractivity contribution in [1.82, 2.24) is 5.32 Å². The molecule has 1 unspecified atom stereocenters. The number of halogens is 2. The van der Waals surface area contributed by atoms with E-state index in [1.54, 1.807) is 12.1 Å². The molecule has 1 spiro atoms. The van der Waals surface area contributed by atoms with Crippen molar-refractivity contribution < 1.29 is 4.39 Å². The average Bonchev–Trinajstić information content (AvgIpc) is 2.86. The fourth-order valence-corrected chi connectivity index (χ4v) is 4.49. The van der Waals surface area contributed by atoms with Gasteiger partial charge in [-0.1, -0.05) is 32.8 Å². The van der Waals surface area contributed by atoms with Crippen molar-refractivity contribution in [3.05, 3.63) is 28.5 Å². The number of hydrogen-bond acceptors (Lipinski definition) is 2. The molecule has 1 aliphatic carbocycles. The van der Waals surface area contributed by atoms with Crippen LogP contribution in [0.1, 0.15) is 39.5 Å². The van der Waals surface area contributed by atoms with Gasteiger partial charge in [-0.15, -0.1) is 0 Å². The van der Waals surface area contributed by atoms with Crippen molar-refractivity contribution in [1.29, 1.82) is 0 Å². The van der Waals surface area contributed by atoms with E-state index in [0.717, 1.165) is 23.2 Å². The van der Waals surface area contributed by atoms with Crippen LogP contribution in [0.5, 0.6) is 0 Å². The van der Waals surface area contributed by atoms with Crippen LogP contribution < -0.4 is 10.2 Å². The van der Waals surface area contributed by atoms with E-state index in [-0.39, 0.29) is 11.4 Å². The first-order chi connectivity index (χ1) is 10.0. The SMILES string of the molecule is CC(C)C1CNC2(CCCC2)CN1c1c(F)cccc1Br. The predicted molar refractivity (Wildman–Crippen MR) is 89.3 cm³/mol. The second kappa shape index (κ2) is 5.88. The molecule has 2 aliphatic rings. The quantitative estimate of drug-likeness (QED) is 0.849. The Labute approximate surface area is 135 Å². The molecule has 2 nitrogen and oxygen atoms in total. The summed E-state index contributed by atoms with van der Waals surface area (Å²) in [7, 11) is 0. The molecule has 0 bridgehead atoms. The van der Waals surface area contributed by atoms with Crippen LogP contribution in [0.25, 0.3) is 0 Å². The Morgan fingerprint density at radius 2 is 2.05 bits per heavy atom. The van der Waals surface area contributed by atoms with Crippen molar-refractivity contribution >= 4 is 21.6 Å². The monoisotopic (exact) mass is 354 g/mol. The summed E-state index contributed by atoms with van der Waals surface area (Å²) in [6.07, 6.45) is 4.98. The first kappa shape index (κ1) is 15.3. The van der Waals surface area contributed by atoms with Gasteiger partial charge in [0.2, 0.25) is 0 Å². The number of piperazine rings is 1. The maximum atomic E-state index is 14.5. The number of para-hydroxylation sites is 1. The Bertz CT molecular complexity index is 491. The number of nitrogens with one attached hydrogen (secondary N) is 1. The maximum absolute atomic E-state index is 14.5. The van der Waals surface area contributed by atoms with Crippen molar-refractivity contribution in [3.8, 4) is 0 Å². The van der Waals surface area contributed by atoms with Gasteiger partial charge in [-0.3, -0.25) is 0 Å². The van der Waals surface area contributed by atoms with E-state index in [1.165, 1.54) is 25.7 Å². The van der Waals surface area contributed by atoms with E-state index in [4.69, 9.17) is 0 Å². The van der Waals surface area contributed by atoms with Gasteiger partial charge in [0.25, 0.3) is 0 Å². The molecule has 1 saturated heterocycles. The third kappa shape index (κ3) is 2.85. The van der Waals surface area contributed by atoms with E-state index < -0.39 is 0 Å². The van der Waals surface area contributed by atoms with Gasteiger partial charge in [-0.05, 0) is 46.8 Å². The summed E-state index contributed by atoms with van der Waals surface area (Å²) in [6.45, 7) is 6.30. The van der Waals surface area contributed by atoms with Crippen LogP contribution in [0, 0.1) is 11.7 Å². The molecule has 21 heavy (non-hydrogen) atoms. The lowest BCUT2D eigenvalue weighted by atomic mass is 9.88. The second-order valence-electron chi connectivity index (χ2n) is 6.88. The van der Waals surface area contributed by atoms with Crippen LogP contribution in [0.2, 0.25) is 0 Å². The molecule has 2 fully saturated rings. The highest BCUT2D eigenvalue weighted by molar-refractivity contribution is 9.10. The zero-order chi connectivity index (χ0) is 15.0. The van der Waals surface area contributed by atoms with Crippen LogP contribution in [-0.4, -0.2) is 24.7 Å². The normalized spacial score (nSPS) is 25.0. The summed E-state index contributed by atoms with van der Waals surface area (Å²) in [4.78, 5) is 2.31. The molecule has 1 saturated carbocycles. The number of benzene rings is 1. The third-order valence-electron chi connectivity index (χ3n) is 5.11. The van der Waals surface area contributed by atoms with E-state index >= 15 is 0 Å². The van der Waals surface area contributed by atoms with Crippen molar-refractivity contribution in [2.75, 3.05) is 18.0 Å². The van der Waals surface area contributed by atoms with Gasteiger partial charge in [-0.2, -0.15) is 0 Å². The molecule has 1 heterocycles. The van der Waals surface area contributed by atoms with Crippen molar-refractivity contribution in [3.63, 3.8) is 0 Å². The van der Waals surface area contributed by atoms with Crippen LogP contribution in [0.4, 0.5) is 10.1 Å². The van der Waals surface area contributed by atoms with Crippen LogP contribution in [-0.2, 0) is 0 Å². The van der Waals surface area contributed by atoms with Gasteiger partial charge in [0.05, 0.1) is 5.69 Å². The molecule has 3 rings (SSSR count). The summed E-state index contributed by atoms with van der Waals surface area (Å²) in [5, 5.41) is 3.79. The highest BCUT2D eigenvalue weighted by Gasteiger charge is 2.42. The Hall–Kier alpha value is -0.610. The molecule has 1 aromatic carbocycles. The Balaban J connectivity index is 1.97. The largest absolute Gasteiger partial charge is 0.362 e. The zero-order valence-electron chi connectivity index (χ0n) is 12.8. The minimum Gasteiger partial charge on any atom is -0.362 e. The van der Waals surface area contributed by atoms with E-state index in [0.29, 0.717) is 12.0 Å². The molecule has 116 valence electrons. The van der Waals surface area contributed by atoms with Crippen LogP contribution >= 0.6 is 15.9 Å². The topological polar surface area (TPSA) is 15.3 Å². The molecule has 1 aromatic rings. The smallest absolute Gasteiger partial charge is 0.147 e. The molecule has 1 N–H and O–H groups in total. The lowest BCUT2D eigenvalue weighted by molar-refractivity contribution is 0.244. The molecule has 0 amide bonds. The third-order valence-corrected chi connectivity index (χ3v) is 5.75. The highest BCUT2D eigenvalue weighted by atomic mass is 79.9. The average molecular weight is 355 g/mol. The summed E-state index contributed by atoms with van der Waals surface area (Å²) >= 11 is 3.55. The van der Waals surface area contributed by atoms with E-state index in [2.05, 4.69) is 40.0 Å². The molecular formula is C17H24BrFN2. The van der Waals surface area contributed by atoms with E-state index in [9.17, 15) is 4.39 Å². The Morgan fingerprint density at radius 1 is 1.33 bits per heavy atom. The molecule has 0 aromatic heterocycles. The molecule has 0 radical (unpaired) electrons. The molecular weight excluding hydrogens is 331 g/mol. The minimum absolute atomic E-state index is 0.120. The summed E-state index contributed by atoms with van der Waals surface area (Å²) < 4.78 is 15.3. The highest BCUT2D eigenvalue weighted by Crippen LogP contribution is 2.39. The predicted octanol–water partition coefficient (Wildman–Crippen LogP) is 4.34.